The van der Waals surface area contributed by atoms with Crippen molar-refractivity contribution in [2.45, 2.75) is 6.54 Å². The van der Waals surface area contributed by atoms with Crippen molar-refractivity contribution in [3.8, 4) is 22.9 Å². The summed E-state index contributed by atoms with van der Waals surface area (Å²) in [6.07, 6.45) is 2.93. The average molecular weight is 452 g/mol. The highest BCUT2D eigenvalue weighted by atomic mass is 16.7. The van der Waals surface area contributed by atoms with E-state index in [1.807, 2.05) is 48.5 Å². The highest BCUT2D eigenvalue weighted by Gasteiger charge is 2.16. The number of nitrogens with one attached hydrogen (secondary N) is 2. The Hall–Kier alpha value is -4.72. The van der Waals surface area contributed by atoms with Crippen LogP contribution in [0.3, 0.4) is 0 Å². The summed E-state index contributed by atoms with van der Waals surface area (Å²) < 4.78 is 10.7. The number of ether oxygens (including phenoxy) is 2. The van der Waals surface area contributed by atoms with E-state index in [2.05, 4.69) is 20.6 Å². The summed E-state index contributed by atoms with van der Waals surface area (Å²) in [6, 6.07) is 21.8. The molecule has 3 aromatic carbocycles. The lowest BCUT2D eigenvalue weighted by molar-refractivity contribution is 0.0951. The summed E-state index contributed by atoms with van der Waals surface area (Å²) in [6.45, 7) is 0.491. The third-order valence-corrected chi connectivity index (χ3v) is 5.26. The van der Waals surface area contributed by atoms with E-state index in [-0.39, 0.29) is 18.3 Å². The number of benzene rings is 3. The Bertz CT molecular complexity index is 1340. The molecule has 0 radical (unpaired) electrons. The molecule has 1 aliphatic rings. The summed E-state index contributed by atoms with van der Waals surface area (Å²) >= 11 is 0. The van der Waals surface area contributed by atoms with Gasteiger partial charge in [-0.05, 0) is 29.8 Å². The summed E-state index contributed by atoms with van der Waals surface area (Å²) in [4.78, 5) is 34.2. The van der Waals surface area contributed by atoms with Gasteiger partial charge in [0.2, 0.25) is 6.79 Å². The lowest BCUT2D eigenvalue weighted by Crippen LogP contribution is -2.25. The van der Waals surface area contributed by atoms with Crippen LogP contribution in [0.1, 0.15) is 26.3 Å². The monoisotopic (exact) mass is 452 g/mol. The second-order valence-corrected chi connectivity index (χ2v) is 7.53. The molecule has 5 rings (SSSR count). The first-order chi connectivity index (χ1) is 16.7. The van der Waals surface area contributed by atoms with Crippen LogP contribution in [0.25, 0.3) is 11.4 Å². The van der Waals surface area contributed by atoms with Crippen molar-refractivity contribution in [1.29, 1.82) is 0 Å². The van der Waals surface area contributed by atoms with E-state index in [1.54, 1.807) is 24.3 Å². The van der Waals surface area contributed by atoms with Gasteiger partial charge in [-0.2, -0.15) is 0 Å². The van der Waals surface area contributed by atoms with Crippen LogP contribution in [-0.4, -0.2) is 28.6 Å². The Balaban J connectivity index is 1.26. The molecule has 4 aromatic rings. The molecule has 0 saturated heterocycles. The minimum absolute atomic E-state index is 0.193. The highest BCUT2D eigenvalue weighted by molar-refractivity contribution is 6.08. The Morgan fingerprint density at radius 3 is 2.38 bits per heavy atom. The lowest BCUT2D eigenvalue weighted by Gasteiger charge is -2.12. The number of hydrogen-bond acceptors (Lipinski definition) is 6. The quantitative estimate of drug-likeness (QED) is 0.458. The molecular weight excluding hydrogens is 432 g/mol. The number of carbonyl (C=O) groups is 2. The Morgan fingerprint density at radius 2 is 1.56 bits per heavy atom. The molecule has 2 amide bonds. The molecule has 168 valence electrons. The molecule has 0 aliphatic carbocycles. The van der Waals surface area contributed by atoms with Gasteiger partial charge >= 0.3 is 0 Å². The summed E-state index contributed by atoms with van der Waals surface area (Å²) in [5.41, 5.74) is 2.75. The molecule has 0 spiro atoms. The number of anilines is 1. The van der Waals surface area contributed by atoms with Crippen molar-refractivity contribution in [2.24, 2.45) is 0 Å². The number of amides is 2. The minimum Gasteiger partial charge on any atom is -0.454 e. The van der Waals surface area contributed by atoms with Crippen LogP contribution < -0.4 is 20.1 Å². The fourth-order valence-corrected chi connectivity index (χ4v) is 3.49. The van der Waals surface area contributed by atoms with E-state index in [4.69, 9.17) is 9.47 Å². The molecule has 0 fully saturated rings. The minimum atomic E-state index is -0.407. The molecule has 1 aromatic heterocycles. The largest absolute Gasteiger partial charge is 0.454 e. The summed E-state index contributed by atoms with van der Waals surface area (Å²) in [5, 5.41) is 5.66. The SMILES string of the molecule is O=C(Nc1ccccc1C(=O)NCc1ccc2c(c1)OCO2)c1cnc(-c2ccccc2)nc1. The highest BCUT2D eigenvalue weighted by Crippen LogP contribution is 2.32. The van der Waals surface area contributed by atoms with Crippen molar-refractivity contribution >= 4 is 17.5 Å². The van der Waals surface area contributed by atoms with Crippen LogP contribution in [-0.2, 0) is 6.54 Å². The number of carbonyl (C=O) groups excluding carboxylic acids is 2. The first-order valence-corrected chi connectivity index (χ1v) is 10.6. The molecular formula is C26H20N4O4. The first kappa shape index (κ1) is 21.1. The average Bonchev–Trinajstić information content (AvgIpc) is 3.36. The van der Waals surface area contributed by atoms with Crippen LogP contribution in [0.2, 0.25) is 0 Å². The van der Waals surface area contributed by atoms with Crippen LogP contribution in [0, 0.1) is 0 Å². The van der Waals surface area contributed by atoms with Crippen LogP contribution in [0.5, 0.6) is 11.5 Å². The molecule has 1 aliphatic heterocycles. The second-order valence-electron chi connectivity index (χ2n) is 7.53. The molecule has 0 saturated carbocycles. The fourth-order valence-electron chi connectivity index (χ4n) is 3.49. The van der Waals surface area contributed by atoms with Crippen molar-refractivity contribution < 1.29 is 19.1 Å². The predicted octanol–water partition coefficient (Wildman–Crippen LogP) is 4.05. The van der Waals surface area contributed by atoms with Gasteiger partial charge in [-0.25, -0.2) is 9.97 Å². The number of hydrogen-bond donors (Lipinski definition) is 2. The summed E-state index contributed by atoms with van der Waals surface area (Å²) in [5.74, 6) is 1.14. The third-order valence-electron chi connectivity index (χ3n) is 5.26. The topological polar surface area (TPSA) is 102 Å². The maximum Gasteiger partial charge on any atom is 0.258 e. The lowest BCUT2D eigenvalue weighted by atomic mass is 10.1. The Kier molecular flexibility index (Phi) is 5.85. The molecule has 0 bridgehead atoms. The number of nitrogens with zero attached hydrogens (tertiary/aromatic N) is 2. The van der Waals surface area contributed by atoms with Crippen molar-refractivity contribution in [3.63, 3.8) is 0 Å². The van der Waals surface area contributed by atoms with Gasteiger partial charge in [-0.1, -0.05) is 48.5 Å². The van der Waals surface area contributed by atoms with E-state index in [1.165, 1.54) is 12.4 Å². The number of rotatable bonds is 6. The maximum absolute atomic E-state index is 12.8. The van der Waals surface area contributed by atoms with Gasteiger partial charge in [0.15, 0.2) is 17.3 Å². The van der Waals surface area contributed by atoms with Crippen LogP contribution in [0.15, 0.2) is 85.2 Å². The number of fused-ring (bicyclic) bond motifs is 1. The standard InChI is InChI=1S/C26H20N4O4/c31-25(19-14-27-24(28-15-19)18-6-2-1-3-7-18)30-21-9-5-4-8-20(21)26(32)29-13-17-10-11-22-23(12-17)34-16-33-22/h1-12,14-15H,13,16H2,(H,29,32)(H,30,31). The van der Waals surface area contributed by atoms with Gasteiger partial charge in [-0.3, -0.25) is 9.59 Å². The van der Waals surface area contributed by atoms with Gasteiger partial charge in [0.1, 0.15) is 0 Å². The maximum atomic E-state index is 12.8. The summed E-state index contributed by atoms with van der Waals surface area (Å²) in [7, 11) is 0. The van der Waals surface area contributed by atoms with E-state index >= 15 is 0 Å². The second kappa shape index (κ2) is 9.41. The number of aromatic nitrogens is 2. The molecule has 8 nitrogen and oxygen atoms in total. The van der Waals surface area contributed by atoms with Crippen molar-refractivity contribution in [1.82, 2.24) is 15.3 Å². The van der Waals surface area contributed by atoms with Gasteiger partial charge in [0.05, 0.1) is 16.8 Å². The smallest absolute Gasteiger partial charge is 0.258 e. The van der Waals surface area contributed by atoms with E-state index < -0.39 is 5.91 Å². The van der Waals surface area contributed by atoms with Crippen molar-refractivity contribution in [3.05, 3.63) is 102 Å². The molecule has 2 N–H and O–H groups in total. The van der Waals surface area contributed by atoms with E-state index in [0.717, 1.165) is 11.1 Å². The van der Waals surface area contributed by atoms with Gasteiger partial charge in [-0.15, -0.1) is 0 Å². The molecule has 2 heterocycles. The molecule has 0 atom stereocenters. The molecule has 8 heteroatoms. The van der Waals surface area contributed by atoms with Crippen molar-refractivity contribution in [2.75, 3.05) is 12.1 Å². The predicted molar refractivity (Wildman–Crippen MR) is 126 cm³/mol. The zero-order chi connectivity index (χ0) is 23.3. The molecule has 0 unspecified atom stereocenters. The Labute approximate surface area is 195 Å². The number of para-hydroxylation sites is 1. The van der Waals surface area contributed by atoms with Gasteiger partial charge in [0, 0.05) is 24.5 Å². The van der Waals surface area contributed by atoms with Crippen LogP contribution in [0.4, 0.5) is 5.69 Å². The molecule has 34 heavy (non-hydrogen) atoms. The zero-order valence-corrected chi connectivity index (χ0v) is 18.0. The van der Waals surface area contributed by atoms with Gasteiger partial charge in [0.25, 0.3) is 11.8 Å². The third kappa shape index (κ3) is 4.56. The van der Waals surface area contributed by atoms with E-state index in [0.29, 0.717) is 35.1 Å². The first-order valence-electron chi connectivity index (χ1n) is 10.6. The Morgan fingerprint density at radius 1 is 0.824 bits per heavy atom. The zero-order valence-electron chi connectivity index (χ0n) is 18.0. The normalized spacial score (nSPS) is 11.6. The fraction of sp³-hybridized carbons (Fsp3) is 0.0769. The van der Waals surface area contributed by atoms with Crippen LogP contribution >= 0.6 is 0 Å². The van der Waals surface area contributed by atoms with E-state index in [9.17, 15) is 9.59 Å². The van der Waals surface area contributed by atoms with Gasteiger partial charge < -0.3 is 20.1 Å².